The number of aromatic nitrogens is 1. The van der Waals surface area contributed by atoms with Crippen LogP contribution in [0.1, 0.15) is 67.6 Å². The fourth-order valence-corrected chi connectivity index (χ4v) is 11.1. The zero-order chi connectivity index (χ0) is 43.6. The lowest BCUT2D eigenvalue weighted by molar-refractivity contribution is -0.384. The number of ether oxygens (including phenoxy) is 3. The van der Waals surface area contributed by atoms with Crippen molar-refractivity contribution in [3.05, 3.63) is 161 Å². The van der Waals surface area contributed by atoms with Crippen molar-refractivity contribution < 1.29 is 34.2 Å². The second-order valence-corrected chi connectivity index (χ2v) is 17.8. The Morgan fingerprint density at radius 3 is 2.41 bits per heavy atom. The second-order valence-electron chi connectivity index (χ2n) is 16.5. The van der Waals surface area contributed by atoms with Gasteiger partial charge in [-0.3, -0.25) is 15.1 Å². The van der Waals surface area contributed by atoms with Crippen LogP contribution in [-0.2, 0) is 22.6 Å². The first-order valence-electron chi connectivity index (χ1n) is 22.0. The molecule has 1 aromatic heterocycles. The number of thioether (sulfide) groups is 1. The number of pyridine rings is 1. The Kier molecular flexibility index (Phi) is 14.5. The van der Waals surface area contributed by atoms with Gasteiger partial charge in [-0.25, -0.2) is 0 Å². The number of fused-ring (bicyclic) bond motifs is 3. The van der Waals surface area contributed by atoms with Gasteiger partial charge in [-0.1, -0.05) is 60.5 Å². The number of rotatable bonds is 21. The number of hydrogen-bond donors (Lipinski definition) is 2. The summed E-state index contributed by atoms with van der Waals surface area (Å²) in [7, 11) is 0. The summed E-state index contributed by atoms with van der Waals surface area (Å²) in [6, 6.07) is 30.9. The zero-order valence-corrected chi connectivity index (χ0v) is 36.2. The molecule has 2 aliphatic carbocycles. The fraction of sp³-hybridized carbons (Fsp3) is 0.373. The molecule has 0 saturated heterocycles. The van der Waals surface area contributed by atoms with E-state index in [9.17, 15) is 20.3 Å². The molecule has 0 radical (unpaired) electrons. The molecule has 1 fully saturated rings. The van der Waals surface area contributed by atoms with Gasteiger partial charge in [-0.15, -0.1) is 6.58 Å². The summed E-state index contributed by atoms with van der Waals surface area (Å²) >= 11 is 1.81. The molecule has 2 heterocycles. The maximum Gasteiger partial charge on any atom is 0.269 e. The summed E-state index contributed by atoms with van der Waals surface area (Å²) in [6.07, 6.45) is 13.9. The molecule has 328 valence electrons. The van der Waals surface area contributed by atoms with Gasteiger partial charge in [0.25, 0.3) is 5.69 Å². The number of aliphatic hydroxyl groups excluding tert-OH is 2. The minimum absolute atomic E-state index is 0.0161. The van der Waals surface area contributed by atoms with E-state index in [0.29, 0.717) is 25.0 Å². The summed E-state index contributed by atoms with van der Waals surface area (Å²) < 4.78 is 21.1. The van der Waals surface area contributed by atoms with Gasteiger partial charge >= 0.3 is 0 Å². The number of hydrogen-bond acceptors (Lipinski definition) is 11. The molecule has 12 heteroatoms. The predicted octanol–water partition coefficient (Wildman–Crippen LogP) is 10.7. The molecule has 8 rings (SSSR count). The van der Waals surface area contributed by atoms with Gasteiger partial charge in [-0.2, -0.15) is 11.8 Å². The highest BCUT2D eigenvalue weighted by molar-refractivity contribution is 8.00. The second kappa shape index (κ2) is 20.8. The summed E-state index contributed by atoms with van der Waals surface area (Å²) in [4.78, 5) is 21.3. The largest absolute Gasteiger partial charge is 0.460 e. The van der Waals surface area contributed by atoms with Crippen molar-refractivity contribution in [3.63, 3.8) is 0 Å². The first-order chi connectivity index (χ1) is 30.9. The van der Waals surface area contributed by atoms with Gasteiger partial charge in [-0.05, 0) is 132 Å². The molecule has 4 aromatic carbocycles. The van der Waals surface area contributed by atoms with Crippen LogP contribution in [-0.4, -0.2) is 62.4 Å². The van der Waals surface area contributed by atoms with Crippen molar-refractivity contribution in [2.24, 2.45) is 22.9 Å². The van der Waals surface area contributed by atoms with Crippen LogP contribution in [0, 0.1) is 27.9 Å². The Labute approximate surface area is 373 Å². The first-order valence-corrected chi connectivity index (χ1v) is 23.1. The van der Waals surface area contributed by atoms with Crippen molar-refractivity contribution >= 4 is 33.9 Å². The third kappa shape index (κ3) is 10.00. The highest BCUT2D eigenvalue weighted by atomic mass is 32.2. The number of aliphatic hydroxyl groups is 2. The summed E-state index contributed by atoms with van der Waals surface area (Å²) in [6.45, 7) is 4.71. The molecule has 1 aliphatic heterocycles. The van der Waals surface area contributed by atoms with Crippen molar-refractivity contribution in [2.75, 3.05) is 25.6 Å². The summed E-state index contributed by atoms with van der Waals surface area (Å²) in [5, 5.41) is 38.2. The standard InChI is InChI=1S/C51H55N3O8S/c1-2-28-59-51-48(63-29-23-35-21-24-52-25-22-35)33-46(53-60-34-36-13-16-40(17-14-36)54(57)58)44-31-39(11-5-7-26-55)43(12-6-8-27-56)49(50(44)51)45-32-42(19-20-47(45)62-51)61-41-18-15-37-9-3-4-10-38(37)30-41/h2-4,9-10,13-22,24-25,30-32,39,43,48-50,55-56H,1,5-8,11-12,23,26-29,33-34H2/t39-,43+,48-,49+,50+,51+/m0/s1. The average Bonchev–Trinajstić information content (AvgIpc) is 3.30. The average molecular weight is 870 g/mol. The Bertz CT molecular complexity index is 2410. The molecule has 0 spiro atoms. The lowest BCUT2D eigenvalue weighted by Gasteiger charge is -2.58. The topological polar surface area (TPSA) is 146 Å². The highest BCUT2D eigenvalue weighted by Gasteiger charge is 2.64. The number of allylic oxidation sites excluding steroid dienone is 1. The first kappa shape index (κ1) is 44.1. The highest BCUT2D eigenvalue weighted by Crippen LogP contribution is 2.62. The summed E-state index contributed by atoms with van der Waals surface area (Å²) in [5.74, 6) is 1.74. The number of unbranched alkanes of at least 4 members (excludes halogenated alkanes) is 2. The molecule has 0 amide bonds. The van der Waals surface area contributed by atoms with Crippen LogP contribution in [0.2, 0.25) is 0 Å². The molecule has 6 atom stereocenters. The number of nitro groups is 1. The molecular formula is C51H55N3O8S. The van der Waals surface area contributed by atoms with Crippen LogP contribution in [0.5, 0.6) is 17.2 Å². The smallest absolute Gasteiger partial charge is 0.269 e. The number of nitrogens with zero attached hydrogens (tertiary/aromatic N) is 3. The number of non-ortho nitro benzene ring substituents is 1. The van der Waals surface area contributed by atoms with E-state index in [1.165, 1.54) is 17.7 Å². The van der Waals surface area contributed by atoms with E-state index in [1.54, 1.807) is 30.0 Å². The van der Waals surface area contributed by atoms with E-state index in [-0.39, 0.29) is 61.0 Å². The molecular weight excluding hydrogens is 815 g/mol. The van der Waals surface area contributed by atoms with E-state index in [1.807, 2.05) is 54.9 Å². The Hall–Kier alpha value is -5.53. The lowest BCUT2D eigenvalue weighted by atomic mass is 9.56. The van der Waals surface area contributed by atoms with Crippen molar-refractivity contribution in [2.45, 2.75) is 74.9 Å². The van der Waals surface area contributed by atoms with Crippen molar-refractivity contribution in [1.29, 1.82) is 0 Å². The van der Waals surface area contributed by atoms with Crippen molar-refractivity contribution in [1.82, 2.24) is 4.98 Å². The van der Waals surface area contributed by atoms with Crippen LogP contribution in [0.4, 0.5) is 5.69 Å². The molecule has 0 unspecified atom stereocenters. The third-order valence-corrected chi connectivity index (χ3v) is 13.9. The van der Waals surface area contributed by atoms with E-state index >= 15 is 0 Å². The normalized spacial score (nSPS) is 23.0. The minimum atomic E-state index is -1.11. The van der Waals surface area contributed by atoms with Crippen LogP contribution in [0.15, 0.2) is 139 Å². The monoisotopic (exact) mass is 869 g/mol. The zero-order valence-electron chi connectivity index (χ0n) is 35.4. The number of nitro benzene ring substituents is 1. The molecule has 1 saturated carbocycles. The van der Waals surface area contributed by atoms with E-state index < -0.39 is 10.7 Å². The van der Waals surface area contributed by atoms with Gasteiger partial charge in [0, 0.05) is 55.6 Å². The molecule has 63 heavy (non-hydrogen) atoms. The number of aryl methyl sites for hydroxylation is 1. The molecule has 3 aliphatic rings. The van der Waals surface area contributed by atoms with Gasteiger partial charge in [0.05, 0.1) is 28.4 Å². The van der Waals surface area contributed by atoms with Crippen molar-refractivity contribution in [3.8, 4) is 17.2 Å². The van der Waals surface area contributed by atoms with Gasteiger partial charge < -0.3 is 29.3 Å². The molecule has 0 bridgehead atoms. The fourth-order valence-electron chi connectivity index (χ4n) is 9.67. The SMILES string of the molecule is C=CCO[C@@]12Oc3ccc(Oc4ccc5ccccc5c4)cc3[C@H]3[C@H](CCCCO)[C@@H](CCCCO)C=C(C(=NOCc4ccc([N+](=O)[O-])cc4)C[C@@H]1SCCc1ccncc1)[C@H]32. The van der Waals surface area contributed by atoms with E-state index in [0.717, 1.165) is 82.5 Å². The third-order valence-electron chi connectivity index (χ3n) is 12.6. The van der Waals surface area contributed by atoms with Gasteiger partial charge in [0.1, 0.15) is 23.9 Å². The van der Waals surface area contributed by atoms with E-state index in [2.05, 4.69) is 48.0 Å². The van der Waals surface area contributed by atoms with E-state index in [4.69, 9.17) is 24.2 Å². The Morgan fingerprint density at radius 2 is 1.65 bits per heavy atom. The van der Waals surface area contributed by atoms with Gasteiger partial charge in [0.15, 0.2) is 0 Å². The van der Waals surface area contributed by atoms with Gasteiger partial charge in [0.2, 0.25) is 5.79 Å². The number of benzene rings is 4. The quantitative estimate of drug-likeness (QED) is 0.0316. The van der Waals surface area contributed by atoms with Crippen LogP contribution < -0.4 is 9.47 Å². The Morgan fingerprint density at radius 1 is 0.905 bits per heavy atom. The lowest BCUT2D eigenvalue weighted by Crippen LogP contribution is -2.64. The molecule has 2 N–H and O–H groups in total. The molecule has 5 aromatic rings. The van der Waals surface area contributed by atoms with Crippen LogP contribution in [0.25, 0.3) is 10.8 Å². The summed E-state index contributed by atoms with van der Waals surface area (Å²) in [5.41, 5.74) is 4.86. The predicted molar refractivity (Wildman–Crippen MR) is 247 cm³/mol. The Balaban J connectivity index is 1.24. The maximum atomic E-state index is 11.3. The molecule has 11 nitrogen and oxygen atoms in total. The van der Waals surface area contributed by atoms with Crippen LogP contribution >= 0.6 is 11.8 Å². The number of oxime groups is 1. The van der Waals surface area contributed by atoms with Crippen LogP contribution in [0.3, 0.4) is 0 Å². The maximum absolute atomic E-state index is 11.3. The minimum Gasteiger partial charge on any atom is -0.460 e.